The zero-order chi connectivity index (χ0) is 12.2. The maximum atomic E-state index is 8.00. The molecule has 0 heterocycles. The minimum Gasteiger partial charge on any atom is -0.307 e. The van der Waals surface area contributed by atoms with Gasteiger partial charge in [0.15, 0.2) is 0 Å². The molecule has 0 aliphatic heterocycles. The highest BCUT2D eigenvalue weighted by atomic mass is 16.1. The highest BCUT2D eigenvalue weighted by Gasteiger charge is 1.72. The predicted molar refractivity (Wildman–Crippen MR) is 69.5 cm³/mol. The fourth-order valence-electron chi connectivity index (χ4n) is 1.07. The number of hydrogen-bond donors (Lipinski definition) is 0. The van der Waals surface area contributed by atoms with Crippen LogP contribution in [0.1, 0.15) is 11.1 Å². The molecule has 1 heteroatoms. The summed E-state index contributed by atoms with van der Waals surface area (Å²) in [7, 11) is 0. The molecule has 2 rings (SSSR count). The summed E-state index contributed by atoms with van der Waals surface area (Å²) in [6.07, 6.45) is 0. The fraction of sp³-hybridized carbons (Fsp3) is 0.133. The largest absolute Gasteiger partial charge is 0.307 e. The van der Waals surface area contributed by atoms with Gasteiger partial charge in [-0.3, -0.25) is 0 Å². The zero-order valence-corrected chi connectivity index (χ0v) is 9.89. The second kappa shape index (κ2) is 9.66. The summed E-state index contributed by atoms with van der Waals surface area (Å²) in [5.74, 6) is 0. The standard InChI is InChI=1S/2C7H8.CH2O/c2*1-7-5-3-2-4-6-7;1-2/h2*2-6H,1H3;1H2. The summed E-state index contributed by atoms with van der Waals surface area (Å²) >= 11 is 0. The normalized spacial score (nSPS) is 7.88. The van der Waals surface area contributed by atoms with E-state index in [1.54, 1.807) is 0 Å². The Morgan fingerprint density at radius 1 is 0.625 bits per heavy atom. The first-order valence-corrected chi connectivity index (χ1v) is 5.11. The number of carbonyl (C=O) groups excluding carboxylic acids is 1. The van der Waals surface area contributed by atoms with Crippen LogP contribution < -0.4 is 0 Å². The minimum atomic E-state index is 1.32. The van der Waals surface area contributed by atoms with Crippen molar-refractivity contribution in [3.8, 4) is 0 Å². The van der Waals surface area contributed by atoms with Crippen molar-refractivity contribution in [1.82, 2.24) is 0 Å². The molecule has 2 aromatic rings. The van der Waals surface area contributed by atoms with Gasteiger partial charge in [-0.2, -0.15) is 0 Å². The summed E-state index contributed by atoms with van der Waals surface area (Å²) in [5, 5.41) is 0. The third kappa shape index (κ3) is 7.51. The molecule has 16 heavy (non-hydrogen) atoms. The van der Waals surface area contributed by atoms with Crippen LogP contribution in [0, 0.1) is 13.8 Å². The number of carbonyl (C=O) groups is 1. The summed E-state index contributed by atoms with van der Waals surface area (Å²) in [4.78, 5) is 8.00. The zero-order valence-electron chi connectivity index (χ0n) is 9.89. The van der Waals surface area contributed by atoms with Crippen molar-refractivity contribution < 1.29 is 4.79 Å². The second-order valence-corrected chi connectivity index (χ2v) is 3.31. The van der Waals surface area contributed by atoms with Gasteiger partial charge in [0.05, 0.1) is 0 Å². The number of benzene rings is 2. The van der Waals surface area contributed by atoms with Gasteiger partial charge in [0.2, 0.25) is 0 Å². The van der Waals surface area contributed by atoms with Crippen molar-refractivity contribution in [3.05, 3.63) is 71.8 Å². The number of rotatable bonds is 0. The summed E-state index contributed by atoms with van der Waals surface area (Å²) in [5.41, 5.74) is 2.64. The molecule has 0 radical (unpaired) electrons. The number of aryl methyl sites for hydroxylation is 2. The Morgan fingerprint density at radius 3 is 1.00 bits per heavy atom. The van der Waals surface area contributed by atoms with Crippen LogP contribution in [-0.2, 0) is 4.79 Å². The van der Waals surface area contributed by atoms with Gasteiger partial charge in [-0.1, -0.05) is 71.8 Å². The van der Waals surface area contributed by atoms with Crippen LogP contribution in [0.25, 0.3) is 0 Å². The summed E-state index contributed by atoms with van der Waals surface area (Å²) in [6.45, 7) is 6.17. The Kier molecular flexibility index (Phi) is 8.52. The van der Waals surface area contributed by atoms with E-state index in [9.17, 15) is 0 Å². The smallest absolute Gasteiger partial charge is 0.106 e. The third-order valence-electron chi connectivity index (χ3n) is 1.88. The SMILES string of the molecule is C=O.Cc1ccccc1.Cc1ccccc1. The van der Waals surface area contributed by atoms with E-state index in [2.05, 4.69) is 38.1 Å². The van der Waals surface area contributed by atoms with E-state index in [-0.39, 0.29) is 0 Å². The average molecular weight is 214 g/mol. The van der Waals surface area contributed by atoms with Crippen LogP contribution in [-0.4, -0.2) is 6.79 Å². The van der Waals surface area contributed by atoms with Crippen LogP contribution >= 0.6 is 0 Å². The van der Waals surface area contributed by atoms with Crippen LogP contribution in [0.15, 0.2) is 60.7 Å². The molecule has 0 atom stereocenters. The van der Waals surface area contributed by atoms with E-state index in [1.165, 1.54) is 11.1 Å². The Bertz CT molecular complexity index is 316. The molecule has 0 aliphatic rings. The lowest BCUT2D eigenvalue weighted by Gasteiger charge is -1.82. The Morgan fingerprint density at radius 2 is 0.875 bits per heavy atom. The predicted octanol–water partition coefficient (Wildman–Crippen LogP) is 3.81. The first-order chi connectivity index (χ1) is 7.79. The molecule has 0 N–H and O–H groups in total. The third-order valence-corrected chi connectivity index (χ3v) is 1.88. The lowest BCUT2D eigenvalue weighted by molar-refractivity contribution is -0.0979. The van der Waals surface area contributed by atoms with Crippen molar-refractivity contribution in [2.75, 3.05) is 0 Å². The first-order valence-electron chi connectivity index (χ1n) is 5.11. The van der Waals surface area contributed by atoms with Gasteiger partial charge in [0, 0.05) is 0 Å². The molecular formula is C15H18O. The second-order valence-electron chi connectivity index (χ2n) is 3.31. The maximum absolute atomic E-state index is 8.00. The molecule has 0 fully saturated rings. The molecule has 0 aromatic heterocycles. The van der Waals surface area contributed by atoms with Gasteiger partial charge in [-0.25, -0.2) is 0 Å². The molecular weight excluding hydrogens is 196 g/mol. The van der Waals surface area contributed by atoms with Crippen molar-refractivity contribution in [2.24, 2.45) is 0 Å². The number of hydrogen-bond acceptors (Lipinski definition) is 1. The minimum absolute atomic E-state index is 1.32. The van der Waals surface area contributed by atoms with E-state index >= 15 is 0 Å². The molecule has 0 unspecified atom stereocenters. The van der Waals surface area contributed by atoms with E-state index in [4.69, 9.17) is 4.79 Å². The Hall–Kier alpha value is -1.89. The summed E-state index contributed by atoms with van der Waals surface area (Å²) in [6, 6.07) is 20.5. The van der Waals surface area contributed by atoms with Crippen molar-refractivity contribution >= 4 is 6.79 Å². The van der Waals surface area contributed by atoms with Crippen molar-refractivity contribution in [2.45, 2.75) is 13.8 Å². The van der Waals surface area contributed by atoms with Gasteiger partial charge >= 0.3 is 0 Å². The lowest BCUT2D eigenvalue weighted by atomic mass is 10.2. The van der Waals surface area contributed by atoms with E-state index in [1.807, 2.05) is 43.2 Å². The van der Waals surface area contributed by atoms with Crippen molar-refractivity contribution in [3.63, 3.8) is 0 Å². The topological polar surface area (TPSA) is 17.1 Å². The van der Waals surface area contributed by atoms with Crippen LogP contribution in [0.2, 0.25) is 0 Å². The molecule has 0 aliphatic carbocycles. The Labute approximate surface area is 97.8 Å². The monoisotopic (exact) mass is 214 g/mol. The van der Waals surface area contributed by atoms with Gasteiger partial charge in [-0.15, -0.1) is 0 Å². The van der Waals surface area contributed by atoms with Gasteiger partial charge in [0.25, 0.3) is 0 Å². The molecule has 0 spiro atoms. The molecule has 0 amide bonds. The van der Waals surface area contributed by atoms with Gasteiger partial charge < -0.3 is 4.79 Å². The van der Waals surface area contributed by atoms with Crippen molar-refractivity contribution in [1.29, 1.82) is 0 Å². The summed E-state index contributed by atoms with van der Waals surface area (Å²) < 4.78 is 0. The van der Waals surface area contributed by atoms with Gasteiger partial charge in [-0.05, 0) is 13.8 Å². The molecule has 2 aromatic carbocycles. The lowest BCUT2D eigenvalue weighted by Crippen LogP contribution is -1.62. The van der Waals surface area contributed by atoms with E-state index in [0.29, 0.717) is 0 Å². The molecule has 84 valence electrons. The van der Waals surface area contributed by atoms with E-state index < -0.39 is 0 Å². The van der Waals surface area contributed by atoms with E-state index in [0.717, 1.165) is 0 Å². The highest BCUT2D eigenvalue weighted by molar-refractivity contribution is 5.12. The first kappa shape index (κ1) is 14.1. The molecule has 0 saturated heterocycles. The fourth-order valence-corrected chi connectivity index (χ4v) is 1.07. The highest BCUT2D eigenvalue weighted by Crippen LogP contribution is 1.92. The van der Waals surface area contributed by atoms with Crippen LogP contribution in [0.5, 0.6) is 0 Å². The van der Waals surface area contributed by atoms with Gasteiger partial charge in [0.1, 0.15) is 6.79 Å². The molecule has 0 saturated carbocycles. The quantitative estimate of drug-likeness (QED) is 0.651. The van der Waals surface area contributed by atoms with Crippen LogP contribution in [0.4, 0.5) is 0 Å². The Balaban J connectivity index is 0.000000244. The molecule has 1 nitrogen and oxygen atoms in total. The van der Waals surface area contributed by atoms with Crippen LogP contribution in [0.3, 0.4) is 0 Å². The average Bonchev–Trinajstić information content (AvgIpc) is 2.34. The molecule has 0 bridgehead atoms. The maximum Gasteiger partial charge on any atom is 0.106 e.